The molecule has 7 heteroatoms. The van der Waals surface area contributed by atoms with Gasteiger partial charge in [0.15, 0.2) is 0 Å². The van der Waals surface area contributed by atoms with Gasteiger partial charge in [0.1, 0.15) is 17.7 Å². The Labute approximate surface area is 203 Å². The fourth-order valence-corrected chi connectivity index (χ4v) is 4.58. The molecule has 0 saturated carbocycles. The molecule has 170 valence electrons. The monoisotopic (exact) mass is 470 g/mol. The normalized spacial score (nSPS) is 15.2. The summed E-state index contributed by atoms with van der Waals surface area (Å²) in [6, 6.07) is 21.5. The molecule has 0 saturated heterocycles. The molecule has 5 rings (SSSR count). The summed E-state index contributed by atoms with van der Waals surface area (Å²) in [5, 5.41) is 25.0. The first-order chi connectivity index (χ1) is 16.5. The smallest absolute Gasteiger partial charge is 0.150 e. The SMILES string of the molecule is Cn1cc(-c2ccc(CN3Cc4cccc(Oc5c(Cl)cccc5CC#N)c4C3O)cc2)cn1. The zero-order valence-corrected chi connectivity index (χ0v) is 19.4. The fourth-order valence-electron chi connectivity index (χ4n) is 4.35. The van der Waals surface area contributed by atoms with Gasteiger partial charge in [-0.25, -0.2) is 0 Å². The average Bonchev–Trinajstić information content (AvgIpc) is 3.40. The highest BCUT2D eigenvalue weighted by Crippen LogP contribution is 2.42. The van der Waals surface area contributed by atoms with Gasteiger partial charge in [-0.15, -0.1) is 0 Å². The molecule has 1 aromatic heterocycles. The van der Waals surface area contributed by atoms with Crippen LogP contribution in [0.2, 0.25) is 5.02 Å². The number of aliphatic hydroxyl groups excluding tert-OH is 1. The third-order valence-electron chi connectivity index (χ3n) is 6.04. The number of halogens is 1. The van der Waals surface area contributed by atoms with Gasteiger partial charge in [0.25, 0.3) is 0 Å². The number of para-hydroxylation sites is 1. The van der Waals surface area contributed by atoms with Gasteiger partial charge in [0.2, 0.25) is 0 Å². The number of hydrogen-bond acceptors (Lipinski definition) is 5. The van der Waals surface area contributed by atoms with Crippen molar-refractivity contribution in [3.8, 4) is 28.7 Å². The summed E-state index contributed by atoms with van der Waals surface area (Å²) < 4.78 is 7.98. The Morgan fingerprint density at radius 2 is 1.91 bits per heavy atom. The zero-order chi connectivity index (χ0) is 23.7. The number of nitriles is 1. The summed E-state index contributed by atoms with van der Waals surface area (Å²) in [5.74, 6) is 1.00. The standard InChI is InChI=1S/C27H23ClN4O2/c1-31-16-22(14-30-31)19-10-8-18(9-11-19)15-32-17-21-5-3-7-24(25(21)27(32)33)34-26-20(12-13-29)4-2-6-23(26)28/h2-11,14,16,27,33H,12,15,17H2,1H3. The van der Waals surface area contributed by atoms with Crippen LogP contribution in [0, 0.1) is 11.3 Å². The van der Waals surface area contributed by atoms with E-state index in [4.69, 9.17) is 21.6 Å². The molecule has 4 aromatic rings. The summed E-state index contributed by atoms with van der Waals surface area (Å²) in [6.45, 7) is 1.19. The van der Waals surface area contributed by atoms with Crippen molar-refractivity contribution in [3.05, 3.63) is 100 Å². The maximum absolute atomic E-state index is 11.2. The van der Waals surface area contributed by atoms with Crippen LogP contribution in [0.15, 0.2) is 73.1 Å². The van der Waals surface area contributed by atoms with Gasteiger partial charge in [-0.3, -0.25) is 9.58 Å². The van der Waals surface area contributed by atoms with E-state index in [1.165, 1.54) is 0 Å². The van der Waals surface area contributed by atoms with Crippen LogP contribution in [-0.2, 0) is 26.6 Å². The minimum absolute atomic E-state index is 0.189. The maximum atomic E-state index is 11.2. The Morgan fingerprint density at radius 1 is 1.12 bits per heavy atom. The van der Waals surface area contributed by atoms with Crippen molar-refractivity contribution in [3.63, 3.8) is 0 Å². The molecule has 0 fully saturated rings. The average molecular weight is 471 g/mol. The predicted molar refractivity (Wildman–Crippen MR) is 130 cm³/mol. The van der Waals surface area contributed by atoms with E-state index in [9.17, 15) is 5.11 Å². The third kappa shape index (κ3) is 4.29. The van der Waals surface area contributed by atoms with Crippen molar-refractivity contribution >= 4 is 11.6 Å². The summed E-state index contributed by atoms with van der Waals surface area (Å²) >= 11 is 6.38. The number of benzene rings is 3. The second-order valence-electron chi connectivity index (χ2n) is 8.37. The van der Waals surface area contributed by atoms with Crippen LogP contribution in [0.25, 0.3) is 11.1 Å². The minimum atomic E-state index is -0.814. The number of ether oxygens (including phenoxy) is 1. The molecule has 0 radical (unpaired) electrons. The second-order valence-corrected chi connectivity index (χ2v) is 8.78. The van der Waals surface area contributed by atoms with Gasteiger partial charge >= 0.3 is 0 Å². The number of nitrogens with zero attached hydrogens (tertiary/aromatic N) is 4. The molecule has 1 aliphatic rings. The van der Waals surface area contributed by atoms with Crippen LogP contribution >= 0.6 is 11.6 Å². The second kappa shape index (κ2) is 9.32. The Balaban J connectivity index is 1.36. The lowest BCUT2D eigenvalue weighted by molar-refractivity contribution is 0.00666. The van der Waals surface area contributed by atoms with Crippen LogP contribution in [0.1, 0.15) is 28.5 Å². The molecule has 3 aromatic carbocycles. The van der Waals surface area contributed by atoms with Crippen molar-refractivity contribution in [2.75, 3.05) is 0 Å². The topological polar surface area (TPSA) is 74.3 Å². The van der Waals surface area contributed by atoms with Crippen LogP contribution in [0.3, 0.4) is 0 Å². The van der Waals surface area contributed by atoms with Crippen LogP contribution in [0.5, 0.6) is 11.5 Å². The van der Waals surface area contributed by atoms with Gasteiger partial charge in [-0.1, -0.05) is 60.1 Å². The lowest BCUT2D eigenvalue weighted by Gasteiger charge is -2.21. The number of aliphatic hydroxyl groups is 1. The van der Waals surface area contributed by atoms with E-state index in [-0.39, 0.29) is 6.42 Å². The van der Waals surface area contributed by atoms with Gasteiger partial charge in [-0.05, 0) is 28.8 Å². The lowest BCUT2D eigenvalue weighted by atomic mass is 10.1. The van der Waals surface area contributed by atoms with Crippen molar-refractivity contribution in [1.29, 1.82) is 5.26 Å². The highest BCUT2D eigenvalue weighted by atomic mass is 35.5. The van der Waals surface area contributed by atoms with Crippen molar-refractivity contribution in [2.45, 2.75) is 25.7 Å². The molecule has 1 unspecified atom stereocenters. The summed E-state index contributed by atoms with van der Waals surface area (Å²) in [7, 11) is 1.90. The maximum Gasteiger partial charge on any atom is 0.150 e. The first-order valence-corrected chi connectivity index (χ1v) is 11.4. The largest absolute Gasteiger partial charge is 0.455 e. The summed E-state index contributed by atoms with van der Waals surface area (Å²) in [5.41, 5.74) is 5.73. The molecule has 6 nitrogen and oxygen atoms in total. The predicted octanol–water partition coefficient (Wildman–Crippen LogP) is 5.61. The highest BCUT2D eigenvalue weighted by molar-refractivity contribution is 6.32. The first-order valence-electron chi connectivity index (χ1n) is 11.0. The number of fused-ring (bicyclic) bond motifs is 1. The highest BCUT2D eigenvalue weighted by Gasteiger charge is 2.32. The number of aryl methyl sites for hydroxylation is 1. The molecule has 0 aliphatic carbocycles. The van der Waals surface area contributed by atoms with Crippen molar-refractivity contribution < 1.29 is 9.84 Å². The molecule has 0 amide bonds. The number of rotatable bonds is 6. The van der Waals surface area contributed by atoms with Gasteiger partial charge in [0.05, 0.1) is 23.7 Å². The summed E-state index contributed by atoms with van der Waals surface area (Å²) in [4.78, 5) is 2.00. The van der Waals surface area contributed by atoms with E-state index < -0.39 is 6.23 Å². The van der Waals surface area contributed by atoms with Crippen LogP contribution in [-0.4, -0.2) is 19.8 Å². The van der Waals surface area contributed by atoms with Crippen molar-refractivity contribution in [1.82, 2.24) is 14.7 Å². The molecule has 1 atom stereocenters. The summed E-state index contributed by atoms with van der Waals surface area (Å²) in [6.07, 6.45) is 3.21. The van der Waals surface area contributed by atoms with E-state index >= 15 is 0 Å². The minimum Gasteiger partial charge on any atom is -0.455 e. The van der Waals surface area contributed by atoms with E-state index in [0.29, 0.717) is 35.2 Å². The van der Waals surface area contributed by atoms with Gasteiger partial charge in [0, 0.05) is 43.0 Å². The Bertz CT molecular complexity index is 1370. The number of hydrogen-bond donors (Lipinski definition) is 1. The molecule has 0 bridgehead atoms. The van der Waals surface area contributed by atoms with E-state index in [1.807, 2.05) is 48.6 Å². The molecule has 2 heterocycles. The molecular weight excluding hydrogens is 448 g/mol. The Morgan fingerprint density at radius 3 is 2.65 bits per heavy atom. The Kier molecular flexibility index (Phi) is 6.08. The first kappa shape index (κ1) is 22.2. The molecule has 1 N–H and O–H groups in total. The van der Waals surface area contributed by atoms with E-state index in [0.717, 1.165) is 27.8 Å². The molecule has 34 heavy (non-hydrogen) atoms. The molecule has 0 spiro atoms. The number of aromatic nitrogens is 2. The Hall–Kier alpha value is -3.63. The van der Waals surface area contributed by atoms with Crippen LogP contribution < -0.4 is 4.74 Å². The van der Waals surface area contributed by atoms with E-state index in [1.54, 1.807) is 16.8 Å². The molecular formula is C27H23ClN4O2. The van der Waals surface area contributed by atoms with Gasteiger partial charge < -0.3 is 9.84 Å². The van der Waals surface area contributed by atoms with Crippen LogP contribution in [0.4, 0.5) is 0 Å². The quantitative estimate of drug-likeness (QED) is 0.396. The van der Waals surface area contributed by atoms with E-state index in [2.05, 4.69) is 35.4 Å². The van der Waals surface area contributed by atoms with Gasteiger partial charge in [-0.2, -0.15) is 10.4 Å². The molecule has 1 aliphatic heterocycles. The van der Waals surface area contributed by atoms with Crippen molar-refractivity contribution in [2.24, 2.45) is 7.05 Å². The lowest BCUT2D eigenvalue weighted by Crippen LogP contribution is -2.21. The zero-order valence-electron chi connectivity index (χ0n) is 18.6. The third-order valence-corrected chi connectivity index (χ3v) is 6.34. The fraction of sp³-hybridized carbons (Fsp3) is 0.185.